The van der Waals surface area contributed by atoms with Crippen LogP contribution in [-0.2, 0) is 9.84 Å². The Bertz CT molecular complexity index is 200. The first-order valence-corrected chi connectivity index (χ1v) is 5.42. The van der Waals surface area contributed by atoms with Gasteiger partial charge in [0.25, 0.3) is 0 Å². The number of sulfone groups is 1. The van der Waals surface area contributed by atoms with Crippen LogP contribution in [0.15, 0.2) is 0 Å². The topological polar surface area (TPSA) is 80.4 Å². The molecule has 0 saturated carbocycles. The summed E-state index contributed by atoms with van der Waals surface area (Å²) in [6.45, 7) is 1.79. The summed E-state index contributed by atoms with van der Waals surface area (Å²) in [7, 11) is -3.13. The van der Waals surface area contributed by atoms with E-state index >= 15 is 0 Å². The van der Waals surface area contributed by atoms with Crippen LogP contribution >= 0.6 is 0 Å². The molecule has 0 aliphatic rings. The van der Waals surface area contributed by atoms with Gasteiger partial charge in [0, 0.05) is 6.26 Å². The minimum absolute atomic E-state index is 0.307. The predicted molar refractivity (Wildman–Crippen MR) is 44.0 cm³/mol. The Hall–Kier alpha value is -0.130. The van der Waals surface area contributed by atoms with Gasteiger partial charge in [0.15, 0.2) is 9.84 Å². The molecule has 11 heavy (non-hydrogen) atoms. The molecule has 0 aliphatic carbocycles. The number of rotatable bonds is 4. The van der Waals surface area contributed by atoms with Gasteiger partial charge < -0.3 is 10.8 Å². The van der Waals surface area contributed by atoms with Crippen molar-refractivity contribution in [1.29, 1.82) is 0 Å². The Morgan fingerprint density at radius 2 is 2.00 bits per heavy atom. The molecule has 0 rings (SSSR count). The average Bonchev–Trinajstić information content (AvgIpc) is 1.85. The third-order valence-corrected chi connectivity index (χ3v) is 3.34. The maximum atomic E-state index is 10.8. The second-order valence-electron chi connectivity index (χ2n) is 2.68. The second-order valence-corrected chi connectivity index (χ2v) is 5.08. The van der Waals surface area contributed by atoms with Crippen molar-refractivity contribution in [2.24, 2.45) is 5.73 Å². The average molecular weight is 181 g/mol. The second kappa shape index (κ2) is 4.04. The molecule has 68 valence electrons. The molecular formula is C6H15NO3S. The summed E-state index contributed by atoms with van der Waals surface area (Å²) in [5.74, 6) is 0. The first-order valence-electron chi connectivity index (χ1n) is 3.46. The molecule has 0 aromatic carbocycles. The van der Waals surface area contributed by atoms with Crippen LogP contribution in [0.25, 0.3) is 0 Å². The lowest BCUT2D eigenvalue weighted by Crippen LogP contribution is -2.32. The molecule has 0 fully saturated rings. The SMILES string of the molecule is CC(C(O)CCN)S(C)(=O)=O. The van der Waals surface area contributed by atoms with Crippen molar-refractivity contribution >= 4 is 9.84 Å². The Morgan fingerprint density at radius 3 is 2.27 bits per heavy atom. The highest BCUT2D eigenvalue weighted by Gasteiger charge is 2.22. The summed E-state index contributed by atoms with van der Waals surface area (Å²) >= 11 is 0. The van der Waals surface area contributed by atoms with Gasteiger partial charge in [-0.1, -0.05) is 0 Å². The zero-order valence-corrected chi connectivity index (χ0v) is 7.63. The molecule has 3 N–H and O–H groups in total. The van der Waals surface area contributed by atoms with Gasteiger partial charge >= 0.3 is 0 Å². The molecular weight excluding hydrogens is 166 g/mol. The fourth-order valence-corrected chi connectivity index (χ4v) is 1.40. The largest absolute Gasteiger partial charge is 0.392 e. The zero-order chi connectivity index (χ0) is 9.07. The lowest BCUT2D eigenvalue weighted by Gasteiger charge is -2.15. The van der Waals surface area contributed by atoms with Crippen LogP contribution in [0.5, 0.6) is 0 Å². The number of hydrogen-bond donors (Lipinski definition) is 2. The molecule has 0 radical (unpaired) electrons. The smallest absolute Gasteiger partial charge is 0.152 e. The van der Waals surface area contributed by atoms with Crippen molar-refractivity contribution in [2.45, 2.75) is 24.7 Å². The van der Waals surface area contributed by atoms with Gasteiger partial charge in [-0.05, 0) is 19.9 Å². The standard InChI is InChI=1S/C6H15NO3S/c1-5(11(2,9)10)6(8)3-4-7/h5-6,8H,3-4,7H2,1-2H3. The van der Waals surface area contributed by atoms with Gasteiger partial charge in [0.05, 0.1) is 11.4 Å². The van der Waals surface area contributed by atoms with E-state index in [1.165, 1.54) is 6.92 Å². The van der Waals surface area contributed by atoms with E-state index in [4.69, 9.17) is 5.73 Å². The summed E-state index contributed by atoms with van der Waals surface area (Å²) in [5.41, 5.74) is 5.16. The molecule has 4 nitrogen and oxygen atoms in total. The van der Waals surface area contributed by atoms with Crippen LogP contribution in [-0.4, -0.2) is 37.7 Å². The normalized spacial score (nSPS) is 17.8. The van der Waals surface area contributed by atoms with E-state index in [1.807, 2.05) is 0 Å². The van der Waals surface area contributed by atoms with E-state index < -0.39 is 21.2 Å². The Labute approximate surface area is 67.3 Å². The fraction of sp³-hybridized carbons (Fsp3) is 1.00. The van der Waals surface area contributed by atoms with Crippen LogP contribution in [0.2, 0.25) is 0 Å². The van der Waals surface area contributed by atoms with E-state index in [1.54, 1.807) is 0 Å². The highest BCUT2D eigenvalue weighted by atomic mass is 32.2. The molecule has 2 atom stereocenters. The minimum atomic E-state index is -3.13. The molecule has 0 heterocycles. The molecule has 0 aromatic heterocycles. The highest BCUT2D eigenvalue weighted by molar-refractivity contribution is 7.91. The van der Waals surface area contributed by atoms with Crippen molar-refractivity contribution in [3.63, 3.8) is 0 Å². The Morgan fingerprint density at radius 1 is 1.55 bits per heavy atom. The minimum Gasteiger partial charge on any atom is -0.392 e. The van der Waals surface area contributed by atoms with Crippen molar-refractivity contribution in [3.8, 4) is 0 Å². The van der Waals surface area contributed by atoms with E-state index in [-0.39, 0.29) is 0 Å². The monoisotopic (exact) mass is 181 g/mol. The summed E-state index contributed by atoms with van der Waals surface area (Å²) in [4.78, 5) is 0. The summed E-state index contributed by atoms with van der Waals surface area (Å²) in [6, 6.07) is 0. The number of hydrogen-bond acceptors (Lipinski definition) is 4. The number of aliphatic hydroxyl groups is 1. The number of nitrogens with two attached hydrogens (primary N) is 1. The molecule has 0 aromatic rings. The first-order chi connectivity index (χ1) is 4.89. The summed E-state index contributed by atoms with van der Waals surface area (Å²) in [6.07, 6.45) is 0.598. The molecule has 0 saturated heterocycles. The Balaban J connectivity index is 4.14. The first kappa shape index (κ1) is 10.9. The quantitative estimate of drug-likeness (QED) is 0.590. The fourth-order valence-electron chi connectivity index (χ4n) is 0.691. The van der Waals surface area contributed by atoms with Crippen molar-refractivity contribution in [2.75, 3.05) is 12.8 Å². The van der Waals surface area contributed by atoms with Crippen LogP contribution in [0, 0.1) is 0 Å². The molecule has 0 spiro atoms. The van der Waals surface area contributed by atoms with Crippen LogP contribution in [0.4, 0.5) is 0 Å². The van der Waals surface area contributed by atoms with Crippen LogP contribution < -0.4 is 5.73 Å². The zero-order valence-electron chi connectivity index (χ0n) is 6.82. The highest BCUT2D eigenvalue weighted by Crippen LogP contribution is 2.06. The van der Waals surface area contributed by atoms with Crippen LogP contribution in [0.3, 0.4) is 0 Å². The molecule has 5 heteroatoms. The van der Waals surface area contributed by atoms with E-state index in [0.717, 1.165) is 6.26 Å². The van der Waals surface area contributed by atoms with Gasteiger partial charge in [-0.2, -0.15) is 0 Å². The summed E-state index contributed by atoms with van der Waals surface area (Å²) < 4.78 is 21.7. The van der Waals surface area contributed by atoms with Gasteiger partial charge in [-0.3, -0.25) is 0 Å². The lowest BCUT2D eigenvalue weighted by molar-refractivity contribution is 0.165. The van der Waals surface area contributed by atoms with E-state index in [0.29, 0.717) is 13.0 Å². The molecule has 0 amide bonds. The Kier molecular flexibility index (Phi) is 3.99. The lowest BCUT2D eigenvalue weighted by atomic mass is 10.2. The van der Waals surface area contributed by atoms with Gasteiger partial charge in [-0.25, -0.2) is 8.42 Å². The predicted octanol–water partition coefficient (Wildman–Crippen LogP) is -0.871. The van der Waals surface area contributed by atoms with Crippen molar-refractivity contribution in [1.82, 2.24) is 0 Å². The van der Waals surface area contributed by atoms with Gasteiger partial charge in [-0.15, -0.1) is 0 Å². The maximum Gasteiger partial charge on any atom is 0.152 e. The van der Waals surface area contributed by atoms with Crippen molar-refractivity contribution in [3.05, 3.63) is 0 Å². The third kappa shape index (κ3) is 3.69. The molecule has 2 unspecified atom stereocenters. The molecule has 0 bridgehead atoms. The van der Waals surface area contributed by atoms with Gasteiger partial charge in [0.2, 0.25) is 0 Å². The number of aliphatic hydroxyl groups excluding tert-OH is 1. The van der Waals surface area contributed by atoms with E-state index in [9.17, 15) is 13.5 Å². The molecule has 0 aliphatic heterocycles. The maximum absolute atomic E-state index is 10.8. The van der Waals surface area contributed by atoms with Crippen molar-refractivity contribution < 1.29 is 13.5 Å². The van der Waals surface area contributed by atoms with E-state index in [2.05, 4.69) is 0 Å². The summed E-state index contributed by atoms with van der Waals surface area (Å²) in [5, 5.41) is 8.48. The third-order valence-electron chi connectivity index (χ3n) is 1.68. The van der Waals surface area contributed by atoms with Crippen LogP contribution in [0.1, 0.15) is 13.3 Å². The van der Waals surface area contributed by atoms with Gasteiger partial charge in [0.1, 0.15) is 0 Å².